The number of nitrogens with one attached hydrogen (secondary N) is 1. The van der Waals surface area contributed by atoms with Crippen LogP contribution in [0.15, 0.2) is 0 Å². The highest BCUT2D eigenvalue weighted by atomic mass is 32.1. The lowest BCUT2D eigenvalue weighted by atomic mass is 9.98. The zero-order valence-electron chi connectivity index (χ0n) is 12.9. The third-order valence-corrected chi connectivity index (χ3v) is 5.24. The van der Waals surface area contributed by atoms with Gasteiger partial charge in [0, 0.05) is 19.0 Å². The smallest absolute Gasteiger partial charge is 0.263 e. The van der Waals surface area contributed by atoms with Crippen molar-refractivity contribution >= 4 is 17.2 Å². The molecule has 1 amide bonds. The summed E-state index contributed by atoms with van der Waals surface area (Å²) in [5.41, 5.74) is 0.858. The fourth-order valence-electron chi connectivity index (χ4n) is 2.63. The summed E-state index contributed by atoms with van der Waals surface area (Å²) < 4.78 is 0. The van der Waals surface area contributed by atoms with Gasteiger partial charge >= 0.3 is 0 Å². The normalized spacial score (nSPS) is 20.4. The molecule has 0 radical (unpaired) electrons. The van der Waals surface area contributed by atoms with Crippen molar-refractivity contribution in [3.8, 4) is 0 Å². The number of piperidine rings is 1. The number of carbonyl (C=O) groups is 1. The van der Waals surface area contributed by atoms with Gasteiger partial charge in [0.05, 0.1) is 10.7 Å². The van der Waals surface area contributed by atoms with Crippen molar-refractivity contribution in [1.29, 1.82) is 0 Å². The second-order valence-corrected chi connectivity index (χ2v) is 7.13. The second-order valence-electron chi connectivity index (χ2n) is 6.10. The van der Waals surface area contributed by atoms with E-state index in [1.807, 2.05) is 6.92 Å². The summed E-state index contributed by atoms with van der Waals surface area (Å²) in [7, 11) is 2.15. The van der Waals surface area contributed by atoms with Crippen LogP contribution in [0.1, 0.15) is 53.0 Å². The van der Waals surface area contributed by atoms with Crippen LogP contribution >= 0.6 is 11.3 Å². The number of carbonyl (C=O) groups excluding carboxylic acids is 1. The Morgan fingerprint density at radius 1 is 1.55 bits per heavy atom. The van der Waals surface area contributed by atoms with Crippen LogP contribution in [-0.4, -0.2) is 42.5 Å². The summed E-state index contributed by atoms with van der Waals surface area (Å²) in [5, 5.41) is 4.13. The van der Waals surface area contributed by atoms with Crippen LogP contribution in [0, 0.1) is 12.8 Å². The van der Waals surface area contributed by atoms with E-state index in [0.29, 0.717) is 11.8 Å². The molecule has 1 N–H and O–H groups in total. The first-order valence-corrected chi connectivity index (χ1v) is 8.23. The highest BCUT2D eigenvalue weighted by Gasteiger charge is 2.20. The number of thiazole rings is 1. The standard InChI is InChI=1S/C15H25N3OS/c1-10(2)15-17-11(3)13(20-15)14(19)16-8-12-6-5-7-18(4)9-12/h10,12H,5-9H2,1-4H3,(H,16,19). The van der Waals surface area contributed by atoms with Crippen molar-refractivity contribution < 1.29 is 4.79 Å². The quantitative estimate of drug-likeness (QED) is 0.929. The molecule has 0 aliphatic carbocycles. The molecule has 2 rings (SSSR count). The van der Waals surface area contributed by atoms with Crippen molar-refractivity contribution in [2.45, 2.75) is 39.5 Å². The minimum absolute atomic E-state index is 0.0418. The number of likely N-dealkylation sites (tertiary alicyclic amines) is 1. The maximum atomic E-state index is 12.3. The molecule has 0 bridgehead atoms. The van der Waals surface area contributed by atoms with E-state index in [4.69, 9.17) is 0 Å². The Hall–Kier alpha value is -0.940. The molecule has 4 nitrogen and oxygen atoms in total. The van der Waals surface area contributed by atoms with E-state index in [9.17, 15) is 4.79 Å². The number of amides is 1. The van der Waals surface area contributed by atoms with Gasteiger partial charge in [-0.1, -0.05) is 13.8 Å². The monoisotopic (exact) mass is 295 g/mol. The zero-order valence-corrected chi connectivity index (χ0v) is 13.7. The minimum atomic E-state index is 0.0418. The van der Waals surface area contributed by atoms with Gasteiger partial charge in [-0.15, -0.1) is 11.3 Å². The first kappa shape index (κ1) is 15.4. The lowest BCUT2D eigenvalue weighted by Crippen LogP contribution is -2.39. The summed E-state index contributed by atoms with van der Waals surface area (Å²) in [6.07, 6.45) is 2.44. The SMILES string of the molecule is Cc1nc(C(C)C)sc1C(=O)NCC1CCCN(C)C1. The molecule has 2 heterocycles. The maximum Gasteiger partial charge on any atom is 0.263 e. The number of nitrogens with zero attached hydrogens (tertiary/aromatic N) is 2. The van der Waals surface area contributed by atoms with Gasteiger partial charge in [-0.05, 0) is 39.3 Å². The molecule has 1 aromatic heterocycles. The lowest BCUT2D eigenvalue weighted by Gasteiger charge is -2.29. The molecule has 112 valence electrons. The Labute approximate surface area is 125 Å². The van der Waals surface area contributed by atoms with Gasteiger partial charge in [0.15, 0.2) is 0 Å². The van der Waals surface area contributed by atoms with Crippen molar-refractivity contribution in [1.82, 2.24) is 15.2 Å². The van der Waals surface area contributed by atoms with Gasteiger partial charge in [-0.2, -0.15) is 0 Å². The minimum Gasteiger partial charge on any atom is -0.351 e. The molecule has 0 spiro atoms. The Morgan fingerprint density at radius 2 is 2.30 bits per heavy atom. The van der Waals surface area contributed by atoms with E-state index < -0.39 is 0 Å². The number of aryl methyl sites for hydroxylation is 1. The van der Waals surface area contributed by atoms with Crippen LogP contribution in [0.3, 0.4) is 0 Å². The van der Waals surface area contributed by atoms with E-state index in [1.54, 1.807) is 0 Å². The van der Waals surface area contributed by atoms with Gasteiger partial charge in [0.25, 0.3) is 5.91 Å². The topological polar surface area (TPSA) is 45.2 Å². The Morgan fingerprint density at radius 3 is 2.90 bits per heavy atom. The van der Waals surface area contributed by atoms with Crippen LogP contribution in [0.2, 0.25) is 0 Å². The van der Waals surface area contributed by atoms with E-state index in [0.717, 1.165) is 28.7 Å². The summed E-state index contributed by atoms with van der Waals surface area (Å²) in [4.78, 5) is 19.9. The maximum absolute atomic E-state index is 12.3. The molecule has 1 fully saturated rings. The summed E-state index contributed by atoms with van der Waals surface area (Å²) in [6.45, 7) is 9.17. The molecular formula is C15H25N3OS. The largest absolute Gasteiger partial charge is 0.351 e. The molecule has 1 atom stereocenters. The van der Waals surface area contributed by atoms with E-state index >= 15 is 0 Å². The summed E-state index contributed by atoms with van der Waals surface area (Å²) in [6, 6.07) is 0. The third kappa shape index (κ3) is 3.79. The van der Waals surface area contributed by atoms with Gasteiger partial charge < -0.3 is 10.2 Å². The third-order valence-electron chi connectivity index (χ3n) is 3.79. The van der Waals surface area contributed by atoms with Crippen molar-refractivity contribution in [3.05, 3.63) is 15.6 Å². The van der Waals surface area contributed by atoms with Gasteiger partial charge in [-0.25, -0.2) is 4.98 Å². The Kier molecular flexibility index (Phi) is 5.16. The predicted molar refractivity (Wildman–Crippen MR) is 83.5 cm³/mol. The predicted octanol–water partition coefficient (Wildman–Crippen LogP) is 2.65. The molecule has 1 saturated heterocycles. The number of hydrogen-bond donors (Lipinski definition) is 1. The van der Waals surface area contributed by atoms with Gasteiger partial charge in [-0.3, -0.25) is 4.79 Å². The second kappa shape index (κ2) is 6.68. The van der Waals surface area contributed by atoms with Crippen LogP contribution in [0.4, 0.5) is 0 Å². The Balaban J connectivity index is 1.91. The van der Waals surface area contributed by atoms with E-state index in [-0.39, 0.29) is 5.91 Å². The van der Waals surface area contributed by atoms with Gasteiger partial charge in [0.1, 0.15) is 4.88 Å². The molecule has 1 aliphatic rings. The molecule has 1 aliphatic heterocycles. The molecule has 1 aromatic rings. The van der Waals surface area contributed by atoms with Crippen LogP contribution in [0.25, 0.3) is 0 Å². The molecule has 5 heteroatoms. The highest BCUT2D eigenvalue weighted by Crippen LogP contribution is 2.24. The highest BCUT2D eigenvalue weighted by molar-refractivity contribution is 7.13. The van der Waals surface area contributed by atoms with Crippen molar-refractivity contribution in [2.75, 3.05) is 26.7 Å². The fraction of sp³-hybridized carbons (Fsp3) is 0.733. The Bertz CT molecular complexity index is 470. The molecule has 1 unspecified atom stereocenters. The van der Waals surface area contributed by atoms with E-state index in [1.165, 1.54) is 30.7 Å². The van der Waals surface area contributed by atoms with Crippen molar-refractivity contribution in [2.24, 2.45) is 5.92 Å². The first-order valence-electron chi connectivity index (χ1n) is 7.41. The number of hydrogen-bond acceptors (Lipinski definition) is 4. The number of aromatic nitrogens is 1. The average molecular weight is 295 g/mol. The lowest BCUT2D eigenvalue weighted by molar-refractivity contribution is 0.0940. The first-order chi connectivity index (χ1) is 9.47. The van der Waals surface area contributed by atoms with Crippen molar-refractivity contribution in [3.63, 3.8) is 0 Å². The summed E-state index contributed by atoms with van der Waals surface area (Å²) in [5.74, 6) is 1.00. The average Bonchev–Trinajstić information content (AvgIpc) is 2.78. The molecule has 0 aromatic carbocycles. The zero-order chi connectivity index (χ0) is 14.7. The van der Waals surface area contributed by atoms with E-state index in [2.05, 4.69) is 36.1 Å². The molecule has 20 heavy (non-hydrogen) atoms. The fourth-order valence-corrected chi connectivity index (χ4v) is 3.62. The number of rotatable bonds is 4. The summed E-state index contributed by atoms with van der Waals surface area (Å²) >= 11 is 1.53. The van der Waals surface area contributed by atoms with Crippen LogP contribution < -0.4 is 5.32 Å². The van der Waals surface area contributed by atoms with Gasteiger partial charge in [0.2, 0.25) is 0 Å². The van der Waals surface area contributed by atoms with Crippen LogP contribution in [-0.2, 0) is 0 Å². The molecule has 0 saturated carbocycles. The molecular weight excluding hydrogens is 270 g/mol. The van der Waals surface area contributed by atoms with Crippen LogP contribution in [0.5, 0.6) is 0 Å².